The minimum atomic E-state index is 0.0408. The van der Waals surface area contributed by atoms with Crippen molar-refractivity contribution in [2.45, 2.75) is 26.4 Å². The zero-order valence-corrected chi connectivity index (χ0v) is 12.0. The quantitative estimate of drug-likeness (QED) is 0.884. The van der Waals surface area contributed by atoms with Crippen LogP contribution in [0.4, 0.5) is 5.69 Å². The number of aromatic nitrogens is 2. The number of hydrogen-bond acceptors (Lipinski definition) is 3. The van der Waals surface area contributed by atoms with E-state index in [1.165, 1.54) is 0 Å². The van der Waals surface area contributed by atoms with Crippen molar-refractivity contribution in [3.05, 3.63) is 46.7 Å². The molecule has 0 amide bonds. The van der Waals surface area contributed by atoms with E-state index in [-0.39, 0.29) is 6.04 Å². The molecule has 1 heterocycles. The maximum absolute atomic E-state index is 6.13. The molecule has 0 saturated heterocycles. The first-order valence-corrected chi connectivity index (χ1v) is 6.77. The van der Waals surface area contributed by atoms with E-state index < -0.39 is 0 Å². The zero-order valence-electron chi connectivity index (χ0n) is 11.2. The minimum Gasteiger partial charge on any atom is -0.377 e. The van der Waals surface area contributed by atoms with Crippen LogP contribution in [-0.2, 0) is 6.54 Å². The maximum atomic E-state index is 6.13. The molecule has 3 N–H and O–H groups in total. The number of rotatable bonds is 5. The van der Waals surface area contributed by atoms with Crippen LogP contribution in [0.15, 0.2) is 30.6 Å². The SMILES string of the molecule is CCn1cc(C(CN)Nc2ccc(C)c(Cl)c2)cn1. The standard InChI is InChI=1S/C14H19ClN4/c1-3-19-9-11(8-17-19)14(7-16)18-12-5-4-10(2)13(15)6-12/h4-6,8-9,14,18H,3,7,16H2,1-2H3. The molecule has 0 spiro atoms. The van der Waals surface area contributed by atoms with Crippen LogP contribution in [0.25, 0.3) is 0 Å². The Hall–Kier alpha value is -1.52. The first-order valence-electron chi connectivity index (χ1n) is 6.39. The predicted octanol–water partition coefficient (Wildman–Crippen LogP) is 2.98. The largest absolute Gasteiger partial charge is 0.377 e. The highest BCUT2D eigenvalue weighted by molar-refractivity contribution is 6.31. The van der Waals surface area contributed by atoms with Gasteiger partial charge in [0.25, 0.3) is 0 Å². The number of nitrogens with zero attached hydrogens (tertiary/aromatic N) is 2. The Morgan fingerprint density at radius 1 is 1.47 bits per heavy atom. The second-order valence-electron chi connectivity index (χ2n) is 4.53. The summed E-state index contributed by atoms with van der Waals surface area (Å²) in [4.78, 5) is 0. The van der Waals surface area contributed by atoms with Gasteiger partial charge in [0.15, 0.2) is 0 Å². The third-order valence-electron chi connectivity index (χ3n) is 3.13. The molecular formula is C14H19ClN4. The number of nitrogens with one attached hydrogen (secondary N) is 1. The van der Waals surface area contributed by atoms with Gasteiger partial charge in [-0.25, -0.2) is 0 Å². The lowest BCUT2D eigenvalue weighted by atomic mass is 10.1. The Bertz CT molecular complexity index is 550. The van der Waals surface area contributed by atoms with Gasteiger partial charge in [-0.1, -0.05) is 17.7 Å². The van der Waals surface area contributed by atoms with E-state index in [1.807, 2.05) is 42.2 Å². The molecule has 1 aromatic carbocycles. The number of halogens is 1. The molecule has 0 aliphatic carbocycles. The van der Waals surface area contributed by atoms with Crippen LogP contribution in [0.5, 0.6) is 0 Å². The molecule has 0 aliphatic heterocycles. The van der Waals surface area contributed by atoms with Crippen molar-refractivity contribution < 1.29 is 0 Å². The van der Waals surface area contributed by atoms with Crippen LogP contribution in [0.1, 0.15) is 24.1 Å². The van der Waals surface area contributed by atoms with Crippen LogP contribution >= 0.6 is 11.6 Å². The summed E-state index contributed by atoms with van der Waals surface area (Å²) in [6.07, 6.45) is 3.87. The average Bonchev–Trinajstić information content (AvgIpc) is 2.88. The summed E-state index contributed by atoms with van der Waals surface area (Å²) in [5, 5.41) is 8.41. The molecule has 0 fully saturated rings. The molecule has 19 heavy (non-hydrogen) atoms. The average molecular weight is 279 g/mol. The summed E-state index contributed by atoms with van der Waals surface area (Å²) >= 11 is 6.13. The van der Waals surface area contributed by atoms with Crippen LogP contribution in [0.3, 0.4) is 0 Å². The highest BCUT2D eigenvalue weighted by Crippen LogP contribution is 2.23. The number of aryl methyl sites for hydroxylation is 2. The highest BCUT2D eigenvalue weighted by Gasteiger charge is 2.12. The summed E-state index contributed by atoms with van der Waals surface area (Å²) in [6, 6.07) is 5.96. The summed E-state index contributed by atoms with van der Waals surface area (Å²) in [5.41, 5.74) is 8.96. The fourth-order valence-electron chi connectivity index (χ4n) is 1.89. The second-order valence-corrected chi connectivity index (χ2v) is 4.93. The molecular weight excluding hydrogens is 260 g/mol. The van der Waals surface area contributed by atoms with Gasteiger partial charge >= 0.3 is 0 Å². The van der Waals surface area contributed by atoms with Gasteiger partial charge in [-0.05, 0) is 31.5 Å². The van der Waals surface area contributed by atoms with Crippen molar-refractivity contribution >= 4 is 17.3 Å². The van der Waals surface area contributed by atoms with Gasteiger partial charge in [0.05, 0.1) is 12.2 Å². The van der Waals surface area contributed by atoms with Gasteiger partial charge in [-0.3, -0.25) is 4.68 Å². The van der Waals surface area contributed by atoms with Crippen LogP contribution in [0.2, 0.25) is 5.02 Å². The molecule has 0 radical (unpaired) electrons. The van der Waals surface area contributed by atoms with Gasteiger partial charge in [0, 0.05) is 35.6 Å². The molecule has 102 valence electrons. The Morgan fingerprint density at radius 2 is 2.26 bits per heavy atom. The van der Waals surface area contributed by atoms with Crippen molar-refractivity contribution in [1.82, 2.24) is 9.78 Å². The van der Waals surface area contributed by atoms with E-state index in [0.29, 0.717) is 6.54 Å². The first-order chi connectivity index (χ1) is 9.13. The van der Waals surface area contributed by atoms with Crippen molar-refractivity contribution in [2.24, 2.45) is 5.73 Å². The molecule has 1 unspecified atom stereocenters. The van der Waals surface area contributed by atoms with Gasteiger partial charge in [-0.15, -0.1) is 0 Å². The van der Waals surface area contributed by atoms with E-state index in [4.69, 9.17) is 17.3 Å². The number of benzene rings is 1. The van der Waals surface area contributed by atoms with Crippen molar-refractivity contribution in [2.75, 3.05) is 11.9 Å². The van der Waals surface area contributed by atoms with E-state index >= 15 is 0 Å². The van der Waals surface area contributed by atoms with Crippen molar-refractivity contribution in [3.63, 3.8) is 0 Å². The van der Waals surface area contributed by atoms with E-state index in [0.717, 1.165) is 28.4 Å². The maximum Gasteiger partial charge on any atom is 0.0667 e. The smallest absolute Gasteiger partial charge is 0.0667 e. The Morgan fingerprint density at radius 3 is 2.84 bits per heavy atom. The lowest BCUT2D eigenvalue weighted by Crippen LogP contribution is -2.20. The molecule has 5 heteroatoms. The topological polar surface area (TPSA) is 55.9 Å². The molecule has 2 aromatic rings. The fraction of sp³-hybridized carbons (Fsp3) is 0.357. The van der Waals surface area contributed by atoms with Gasteiger partial charge in [-0.2, -0.15) is 5.10 Å². The normalized spacial score (nSPS) is 12.4. The lowest BCUT2D eigenvalue weighted by Gasteiger charge is -2.17. The Labute approximate surface area is 118 Å². The van der Waals surface area contributed by atoms with E-state index in [1.54, 1.807) is 0 Å². The minimum absolute atomic E-state index is 0.0408. The highest BCUT2D eigenvalue weighted by atomic mass is 35.5. The molecule has 1 atom stereocenters. The van der Waals surface area contributed by atoms with Gasteiger partial charge in [0.1, 0.15) is 0 Å². The summed E-state index contributed by atoms with van der Waals surface area (Å²) < 4.78 is 1.89. The van der Waals surface area contributed by atoms with E-state index in [2.05, 4.69) is 17.3 Å². The number of anilines is 1. The van der Waals surface area contributed by atoms with Gasteiger partial charge < -0.3 is 11.1 Å². The molecule has 0 saturated carbocycles. The first kappa shape index (κ1) is 13.9. The summed E-state index contributed by atoms with van der Waals surface area (Å²) in [6.45, 7) is 5.40. The summed E-state index contributed by atoms with van der Waals surface area (Å²) in [5.74, 6) is 0. The summed E-state index contributed by atoms with van der Waals surface area (Å²) in [7, 11) is 0. The van der Waals surface area contributed by atoms with Gasteiger partial charge in [0.2, 0.25) is 0 Å². The molecule has 4 nitrogen and oxygen atoms in total. The third kappa shape index (κ3) is 3.28. The molecule has 0 aliphatic rings. The fourth-order valence-corrected chi connectivity index (χ4v) is 2.08. The van der Waals surface area contributed by atoms with Crippen molar-refractivity contribution in [3.8, 4) is 0 Å². The van der Waals surface area contributed by atoms with Crippen molar-refractivity contribution in [1.29, 1.82) is 0 Å². The molecule has 2 rings (SSSR count). The number of hydrogen-bond donors (Lipinski definition) is 2. The third-order valence-corrected chi connectivity index (χ3v) is 3.54. The van der Waals surface area contributed by atoms with E-state index in [9.17, 15) is 0 Å². The lowest BCUT2D eigenvalue weighted by molar-refractivity contribution is 0.658. The van der Waals surface area contributed by atoms with Crippen LogP contribution < -0.4 is 11.1 Å². The molecule has 0 bridgehead atoms. The Balaban J connectivity index is 2.16. The second kappa shape index (κ2) is 6.08. The Kier molecular flexibility index (Phi) is 4.45. The molecule has 1 aromatic heterocycles. The van der Waals surface area contributed by atoms with Crippen LogP contribution in [-0.4, -0.2) is 16.3 Å². The zero-order chi connectivity index (χ0) is 13.8. The van der Waals surface area contributed by atoms with Crippen LogP contribution in [0, 0.1) is 6.92 Å². The number of nitrogens with two attached hydrogens (primary N) is 1. The predicted molar refractivity (Wildman–Crippen MR) is 79.5 cm³/mol. The monoisotopic (exact) mass is 278 g/mol.